The number of carbonyl (C=O) groups excluding carboxylic acids is 2. The molecular weight excluding hydrogens is 911 g/mol. The standard InChI is InChI=1S/C64H123NO8/c1-6-8-10-12-14-16-18-20-22-24-26-27-28-29-30-31-32-33-34-35-37-39-41-43-45-47-49-51-53-55-62(67)73-60(59-72-64(63(68)69)70-57-56-65(3,4)5)58-71-61(66)54-52-50-48-46-44-42-40-38-36-25-23-21-19-17-15-13-11-9-7-2/h24,26,60,64H,6-23,25,27-59H2,1-5H3/p+1/b26-24-. The largest absolute Gasteiger partial charge is 0.477 e. The third-order valence-corrected chi connectivity index (χ3v) is 14.5. The molecule has 0 bridgehead atoms. The van der Waals surface area contributed by atoms with Gasteiger partial charge in [-0.15, -0.1) is 0 Å². The molecule has 0 aromatic heterocycles. The lowest BCUT2D eigenvalue weighted by atomic mass is 10.0. The first-order valence-corrected chi connectivity index (χ1v) is 31.9. The third-order valence-electron chi connectivity index (χ3n) is 14.5. The summed E-state index contributed by atoms with van der Waals surface area (Å²) in [5.41, 5.74) is 0. The van der Waals surface area contributed by atoms with Gasteiger partial charge in [-0.2, -0.15) is 0 Å². The number of carbonyl (C=O) groups is 3. The third kappa shape index (κ3) is 57.6. The number of unbranched alkanes of at least 4 members (excludes halogenated alkanes) is 43. The number of rotatable bonds is 60. The van der Waals surface area contributed by atoms with Gasteiger partial charge in [-0.25, -0.2) is 4.79 Å². The maximum absolute atomic E-state index is 12.9. The van der Waals surface area contributed by atoms with Crippen molar-refractivity contribution in [1.29, 1.82) is 0 Å². The molecule has 9 heteroatoms. The minimum atomic E-state index is -1.50. The van der Waals surface area contributed by atoms with E-state index in [0.717, 1.165) is 38.5 Å². The number of nitrogens with zero attached hydrogens (tertiary/aromatic N) is 1. The number of carboxylic acid groups (broad SMARTS) is 1. The van der Waals surface area contributed by atoms with Crippen molar-refractivity contribution in [2.45, 2.75) is 334 Å². The van der Waals surface area contributed by atoms with Gasteiger partial charge in [-0.05, 0) is 38.5 Å². The van der Waals surface area contributed by atoms with Gasteiger partial charge in [-0.1, -0.05) is 283 Å². The number of hydrogen-bond donors (Lipinski definition) is 1. The number of allylic oxidation sites excluding steroid dienone is 2. The van der Waals surface area contributed by atoms with Crippen molar-refractivity contribution in [3.05, 3.63) is 12.2 Å². The second-order valence-electron chi connectivity index (χ2n) is 23.1. The number of ether oxygens (including phenoxy) is 4. The highest BCUT2D eigenvalue weighted by atomic mass is 16.7. The van der Waals surface area contributed by atoms with E-state index in [0.29, 0.717) is 17.4 Å². The molecule has 0 saturated carbocycles. The molecule has 0 radical (unpaired) electrons. The van der Waals surface area contributed by atoms with Gasteiger partial charge in [0.1, 0.15) is 13.2 Å². The topological polar surface area (TPSA) is 108 Å². The summed E-state index contributed by atoms with van der Waals surface area (Å²) in [5.74, 6) is -1.97. The lowest BCUT2D eigenvalue weighted by Gasteiger charge is -2.25. The molecule has 9 nitrogen and oxygen atoms in total. The highest BCUT2D eigenvalue weighted by molar-refractivity contribution is 5.71. The van der Waals surface area contributed by atoms with Crippen molar-refractivity contribution >= 4 is 17.9 Å². The van der Waals surface area contributed by atoms with E-state index in [1.165, 1.54) is 257 Å². The van der Waals surface area contributed by atoms with Crippen LogP contribution in [0.2, 0.25) is 0 Å². The van der Waals surface area contributed by atoms with Gasteiger partial charge in [0.25, 0.3) is 6.29 Å². The fourth-order valence-electron chi connectivity index (χ4n) is 9.60. The zero-order chi connectivity index (χ0) is 53.4. The summed E-state index contributed by atoms with van der Waals surface area (Å²) in [6.45, 7) is 4.95. The number of carboxylic acids is 1. The van der Waals surface area contributed by atoms with Gasteiger partial charge < -0.3 is 28.5 Å². The average Bonchev–Trinajstić information content (AvgIpc) is 3.36. The summed E-state index contributed by atoms with van der Waals surface area (Å²) >= 11 is 0. The maximum Gasteiger partial charge on any atom is 0.361 e. The second-order valence-corrected chi connectivity index (χ2v) is 23.1. The molecule has 73 heavy (non-hydrogen) atoms. The molecule has 0 spiro atoms. The van der Waals surface area contributed by atoms with Crippen molar-refractivity contribution in [2.24, 2.45) is 0 Å². The number of esters is 2. The van der Waals surface area contributed by atoms with E-state index in [2.05, 4.69) is 26.0 Å². The Morgan fingerprint density at radius 2 is 0.699 bits per heavy atom. The number of quaternary nitrogens is 1. The molecule has 0 fully saturated rings. The number of likely N-dealkylation sites (N-methyl/N-ethyl adjacent to an activating group) is 1. The van der Waals surface area contributed by atoms with Crippen molar-refractivity contribution in [2.75, 3.05) is 47.5 Å². The molecular formula is C64H124NO8+. The number of hydrogen-bond acceptors (Lipinski definition) is 7. The molecule has 1 N–H and O–H groups in total. The molecule has 0 heterocycles. The van der Waals surface area contributed by atoms with Crippen molar-refractivity contribution in [3.63, 3.8) is 0 Å². The van der Waals surface area contributed by atoms with Crippen LogP contribution < -0.4 is 0 Å². The van der Waals surface area contributed by atoms with Crippen molar-refractivity contribution in [3.8, 4) is 0 Å². The van der Waals surface area contributed by atoms with E-state index < -0.39 is 18.4 Å². The van der Waals surface area contributed by atoms with Crippen molar-refractivity contribution in [1.82, 2.24) is 0 Å². The number of aliphatic carboxylic acids is 1. The highest BCUT2D eigenvalue weighted by Gasteiger charge is 2.25. The molecule has 0 amide bonds. The van der Waals surface area contributed by atoms with Crippen LogP contribution in [0.1, 0.15) is 322 Å². The lowest BCUT2D eigenvalue weighted by molar-refractivity contribution is -0.870. The minimum Gasteiger partial charge on any atom is -0.477 e. The molecule has 432 valence electrons. The summed E-state index contributed by atoms with van der Waals surface area (Å²) in [7, 11) is 5.99. The lowest BCUT2D eigenvalue weighted by Crippen LogP contribution is -2.40. The maximum atomic E-state index is 12.9. The molecule has 2 atom stereocenters. The van der Waals surface area contributed by atoms with E-state index in [1.54, 1.807) is 0 Å². The van der Waals surface area contributed by atoms with Crippen LogP contribution in [0.4, 0.5) is 0 Å². The summed E-state index contributed by atoms with van der Waals surface area (Å²) < 4.78 is 22.9. The second kappa shape index (κ2) is 56.2. The Bertz CT molecular complexity index is 1200. The van der Waals surface area contributed by atoms with E-state index in [9.17, 15) is 19.5 Å². The summed E-state index contributed by atoms with van der Waals surface area (Å²) in [6, 6.07) is 0. The van der Waals surface area contributed by atoms with Gasteiger partial charge in [0.05, 0.1) is 34.4 Å². The van der Waals surface area contributed by atoms with Crippen LogP contribution in [0, 0.1) is 0 Å². The van der Waals surface area contributed by atoms with Gasteiger partial charge in [0.15, 0.2) is 6.10 Å². The SMILES string of the molecule is CCCCCCCCCC/C=C\CCCCCCCCCCCCCCCCCCCC(=O)OC(COC(=O)CCCCCCCCCCCCCCCCCCCCC)COC(OCC[N+](C)(C)C)C(=O)O. The predicted octanol–water partition coefficient (Wildman–Crippen LogP) is 18.9. The quantitative estimate of drug-likeness (QED) is 0.0211. The van der Waals surface area contributed by atoms with Gasteiger partial charge in [-0.3, -0.25) is 9.59 Å². The Hall–Kier alpha value is -1.97. The van der Waals surface area contributed by atoms with E-state index in [-0.39, 0.29) is 38.2 Å². The van der Waals surface area contributed by atoms with Crippen LogP contribution in [-0.4, -0.2) is 87.4 Å². The van der Waals surface area contributed by atoms with Crippen LogP contribution in [0.3, 0.4) is 0 Å². The van der Waals surface area contributed by atoms with Gasteiger partial charge >= 0.3 is 17.9 Å². The van der Waals surface area contributed by atoms with Crippen molar-refractivity contribution < 1.29 is 42.9 Å². The molecule has 0 saturated heterocycles. The summed E-state index contributed by atoms with van der Waals surface area (Å²) in [6.07, 6.45) is 63.1. The Labute approximate surface area is 453 Å². The van der Waals surface area contributed by atoms with Gasteiger partial charge in [0, 0.05) is 12.8 Å². The van der Waals surface area contributed by atoms with E-state index >= 15 is 0 Å². The molecule has 0 aliphatic rings. The molecule has 0 aromatic rings. The zero-order valence-electron chi connectivity index (χ0n) is 49.3. The average molecular weight is 1040 g/mol. The highest BCUT2D eigenvalue weighted by Crippen LogP contribution is 2.18. The molecule has 0 rings (SSSR count). The Morgan fingerprint density at radius 3 is 1.01 bits per heavy atom. The van der Waals surface area contributed by atoms with Gasteiger partial charge in [0.2, 0.25) is 0 Å². The summed E-state index contributed by atoms with van der Waals surface area (Å²) in [4.78, 5) is 37.5. The Morgan fingerprint density at radius 1 is 0.397 bits per heavy atom. The predicted molar refractivity (Wildman–Crippen MR) is 309 cm³/mol. The van der Waals surface area contributed by atoms with E-state index in [4.69, 9.17) is 18.9 Å². The smallest absolute Gasteiger partial charge is 0.361 e. The molecule has 0 aromatic carbocycles. The summed E-state index contributed by atoms with van der Waals surface area (Å²) in [5, 5.41) is 9.72. The van der Waals surface area contributed by atoms with Crippen LogP contribution in [0.5, 0.6) is 0 Å². The van der Waals surface area contributed by atoms with Crippen LogP contribution >= 0.6 is 0 Å². The first-order chi connectivity index (χ1) is 35.6. The first-order valence-electron chi connectivity index (χ1n) is 31.9. The molecule has 0 aliphatic heterocycles. The normalized spacial score (nSPS) is 12.7. The Kier molecular flexibility index (Phi) is 54.7. The molecule has 2 unspecified atom stereocenters. The van der Waals surface area contributed by atoms with E-state index in [1.807, 2.05) is 21.1 Å². The van der Waals surface area contributed by atoms with Crippen LogP contribution in [0.25, 0.3) is 0 Å². The Balaban J connectivity index is 4.10. The fraction of sp³-hybridized carbons (Fsp3) is 0.922. The fourth-order valence-corrected chi connectivity index (χ4v) is 9.60. The monoisotopic (exact) mass is 1030 g/mol. The first kappa shape index (κ1) is 71.0. The van der Waals surface area contributed by atoms with Crippen LogP contribution in [-0.2, 0) is 33.3 Å². The minimum absolute atomic E-state index is 0.174. The zero-order valence-corrected chi connectivity index (χ0v) is 49.3. The molecule has 0 aliphatic carbocycles. The van der Waals surface area contributed by atoms with Crippen LogP contribution in [0.15, 0.2) is 12.2 Å².